The van der Waals surface area contributed by atoms with Crippen molar-refractivity contribution >= 4 is 23.2 Å². The summed E-state index contributed by atoms with van der Waals surface area (Å²) in [5.41, 5.74) is -0.118. The zero-order valence-electron chi connectivity index (χ0n) is 8.38. The first-order chi connectivity index (χ1) is 7.18. The summed E-state index contributed by atoms with van der Waals surface area (Å²) in [5, 5.41) is 0.748. The molecule has 2 rings (SSSR count). The quantitative estimate of drug-likeness (QED) is 0.741. The highest BCUT2D eigenvalue weighted by atomic mass is 35.5. The molecule has 0 amide bonds. The molecule has 0 radical (unpaired) electrons. The third-order valence-electron chi connectivity index (χ3n) is 2.93. The molecule has 0 atom stereocenters. The van der Waals surface area contributed by atoms with Crippen LogP contribution in [0.5, 0.6) is 0 Å². The smallest absolute Gasteiger partial charge is 0.269 e. The molecule has 1 aliphatic carbocycles. The minimum atomic E-state index is -0.118. The van der Waals surface area contributed by atoms with Crippen LogP contribution in [0, 0.1) is 0 Å². The average molecular weight is 246 g/mol. The van der Waals surface area contributed by atoms with E-state index in [1.54, 1.807) is 10.8 Å². The minimum absolute atomic E-state index is 0.118. The largest absolute Gasteiger partial charge is 0.310 e. The zero-order valence-corrected chi connectivity index (χ0v) is 9.89. The zero-order chi connectivity index (χ0) is 10.8. The van der Waals surface area contributed by atoms with Crippen molar-refractivity contribution in [2.45, 2.75) is 38.1 Å². The average Bonchev–Trinajstić information content (AvgIpc) is 2.24. The van der Waals surface area contributed by atoms with Gasteiger partial charge in [0.2, 0.25) is 0 Å². The Bertz CT molecular complexity index is 408. The van der Waals surface area contributed by atoms with Gasteiger partial charge in [-0.1, -0.05) is 42.5 Å². The molecule has 4 heteroatoms. The normalized spacial score (nSPS) is 18.0. The summed E-state index contributed by atoms with van der Waals surface area (Å²) >= 11 is 11.7. The van der Waals surface area contributed by atoms with Crippen molar-refractivity contribution in [1.29, 1.82) is 0 Å². The summed E-state index contributed by atoms with van der Waals surface area (Å²) in [5.74, 6) is 0. The van der Waals surface area contributed by atoms with Gasteiger partial charge in [0, 0.05) is 12.2 Å². The van der Waals surface area contributed by atoms with Gasteiger partial charge in [-0.15, -0.1) is 0 Å². The maximum atomic E-state index is 11.8. The fourth-order valence-electron chi connectivity index (χ4n) is 2.17. The molecule has 1 heterocycles. The molecule has 0 N–H and O–H groups in total. The Labute approximate surface area is 98.8 Å². The second-order valence-electron chi connectivity index (χ2n) is 4.01. The molecule has 0 aromatic carbocycles. The summed E-state index contributed by atoms with van der Waals surface area (Å²) in [7, 11) is 0. The van der Waals surface area contributed by atoms with E-state index >= 15 is 0 Å². The number of aromatic nitrogens is 1. The maximum absolute atomic E-state index is 11.8. The van der Waals surface area contributed by atoms with E-state index in [-0.39, 0.29) is 16.6 Å². The molecular formula is C11H13Cl2NO. The molecule has 0 unspecified atom stereocenters. The van der Waals surface area contributed by atoms with E-state index in [0.29, 0.717) is 5.02 Å². The van der Waals surface area contributed by atoms with E-state index < -0.39 is 0 Å². The highest BCUT2D eigenvalue weighted by Crippen LogP contribution is 2.28. The lowest BCUT2D eigenvalue weighted by atomic mass is 9.95. The van der Waals surface area contributed by atoms with Crippen molar-refractivity contribution < 1.29 is 0 Å². The summed E-state index contributed by atoms with van der Waals surface area (Å²) in [6, 6.07) is 1.78. The van der Waals surface area contributed by atoms with Gasteiger partial charge in [0.05, 0.1) is 5.02 Å². The number of halogens is 2. The Morgan fingerprint density at radius 2 is 1.87 bits per heavy atom. The molecule has 1 saturated carbocycles. The molecule has 0 spiro atoms. The number of pyridine rings is 1. The van der Waals surface area contributed by atoms with Crippen molar-refractivity contribution in [1.82, 2.24) is 4.57 Å². The predicted molar refractivity (Wildman–Crippen MR) is 62.8 cm³/mol. The Kier molecular flexibility index (Phi) is 3.37. The monoisotopic (exact) mass is 245 g/mol. The fraction of sp³-hybridized carbons (Fsp3) is 0.545. The Morgan fingerprint density at radius 3 is 2.53 bits per heavy atom. The van der Waals surface area contributed by atoms with Crippen LogP contribution in [0.25, 0.3) is 0 Å². The van der Waals surface area contributed by atoms with E-state index in [4.69, 9.17) is 23.2 Å². The summed E-state index contributed by atoms with van der Waals surface area (Å²) in [4.78, 5) is 11.8. The van der Waals surface area contributed by atoms with Gasteiger partial charge in [0.25, 0.3) is 5.56 Å². The van der Waals surface area contributed by atoms with Gasteiger partial charge in [-0.05, 0) is 18.9 Å². The van der Waals surface area contributed by atoms with Crippen LogP contribution in [0.1, 0.15) is 38.1 Å². The van der Waals surface area contributed by atoms with E-state index in [9.17, 15) is 4.79 Å². The van der Waals surface area contributed by atoms with Crippen LogP contribution in [0.3, 0.4) is 0 Å². The molecule has 15 heavy (non-hydrogen) atoms. The van der Waals surface area contributed by atoms with Crippen molar-refractivity contribution in [3.63, 3.8) is 0 Å². The SMILES string of the molecule is O=c1c(Cl)cc(Cl)cn1C1CCCCC1. The molecule has 1 fully saturated rings. The first-order valence-electron chi connectivity index (χ1n) is 5.25. The van der Waals surface area contributed by atoms with E-state index in [2.05, 4.69) is 0 Å². The van der Waals surface area contributed by atoms with Crippen molar-refractivity contribution in [3.8, 4) is 0 Å². The van der Waals surface area contributed by atoms with Crippen LogP contribution >= 0.6 is 23.2 Å². The second kappa shape index (κ2) is 4.58. The highest BCUT2D eigenvalue weighted by Gasteiger charge is 2.17. The van der Waals surface area contributed by atoms with Gasteiger partial charge < -0.3 is 4.57 Å². The number of rotatable bonds is 1. The van der Waals surface area contributed by atoms with Gasteiger partial charge in [0.1, 0.15) is 5.02 Å². The lowest BCUT2D eigenvalue weighted by Crippen LogP contribution is -2.26. The van der Waals surface area contributed by atoms with Crippen LogP contribution in [-0.2, 0) is 0 Å². The van der Waals surface area contributed by atoms with Crippen molar-refractivity contribution in [3.05, 3.63) is 32.7 Å². The Hall–Kier alpha value is -0.470. The number of hydrogen-bond donors (Lipinski definition) is 0. The van der Waals surface area contributed by atoms with Gasteiger partial charge in [-0.25, -0.2) is 0 Å². The first kappa shape index (κ1) is 11.0. The lowest BCUT2D eigenvalue weighted by Gasteiger charge is -2.24. The summed E-state index contributed by atoms with van der Waals surface area (Å²) in [6.45, 7) is 0. The van der Waals surface area contributed by atoms with Crippen molar-refractivity contribution in [2.24, 2.45) is 0 Å². The predicted octanol–water partition coefficient (Wildman–Crippen LogP) is 3.66. The summed E-state index contributed by atoms with van der Waals surface area (Å²) < 4.78 is 1.70. The van der Waals surface area contributed by atoms with E-state index in [0.717, 1.165) is 12.8 Å². The van der Waals surface area contributed by atoms with Gasteiger partial charge in [-0.3, -0.25) is 4.79 Å². The lowest BCUT2D eigenvalue weighted by molar-refractivity contribution is 0.346. The standard InChI is InChI=1S/C11H13Cl2NO/c12-8-6-10(13)11(15)14(7-8)9-4-2-1-3-5-9/h6-7,9H,1-5H2. The second-order valence-corrected chi connectivity index (χ2v) is 4.85. The number of nitrogens with zero attached hydrogens (tertiary/aromatic N) is 1. The summed E-state index contributed by atoms with van der Waals surface area (Å²) in [6.07, 6.45) is 7.43. The molecule has 1 aromatic rings. The van der Waals surface area contributed by atoms with E-state index in [1.807, 2.05) is 0 Å². The molecule has 2 nitrogen and oxygen atoms in total. The minimum Gasteiger partial charge on any atom is -0.310 e. The van der Waals surface area contributed by atoms with Crippen LogP contribution in [0.15, 0.2) is 17.1 Å². The van der Waals surface area contributed by atoms with E-state index in [1.165, 1.54) is 25.3 Å². The van der Waals surface area contributed by atoms with Crippen molar-refractivity contribution in [2.75, 3.05) is 0 Å². The Balaban J connectivity index is 2.38. The van der Waals surface area contributed by atoms with Gasteiger partial charge >= 0.3 is 0 Å². The Morgan fingerprint density at radius 1 is 1.20 bits per heavy atom. The van der Waals surface area contributed by atoms with Crippen LogP contribution in [0.2, 0.25) is 10.0 Å². The molecule has 0 saturated heterocycles. The van der Waals surface area contributed by atoms with Crippen LogP contribution in [0.4, 0.5) is 0 Å². The molecule has 82 valence electrons. The molecular weight excluding hydrogens is 233 g/mol. The third-order valence-corrected chi connectivity index (χ3v) is 3.41. The topological polar surface area (TPSA) is 22.0 Å². The first-order valence-corrected chi connectivity index (χ1v) is 6.01. The van der Waals surface area contributed by atoms with Gasteiger partial charge in [-0.2, -0.15) is 0 Å². The molecule has 0 aliphatic heterocycles. The van der Waals surface area contributed by atoms with Crippen LogP contribution in [-0.4, -0.2) is 4.57 Å². The highest BCUT2D eigenvalue weighted by molar-refractivity contribution is 6.34. The molecule has 1 aliphatic rings. The van der Waals surface area contributed by atoms with Crippen LogP contribution < -0.4 is 5.56 Å². The fourth-order valence-corrected chi connectivity index (χ4v) is 2.65. The van der Waals surface area contributed by atoms with Gasteiger partial charge in [0.15, 0.2) is 0 Å². The molecule has 1 aromatic heterocycles. The maximum Gasteiger partial charge on any atom is 0.269 e. The number of hydrogen-bond acceptors (Lipinski definition) is 1. The third kappa shape index (κ3) is 2.37. The molecule has 0 bridgehead atoms.